The van der Waals surface area contributed by atoms with Crippen molar-refractivity contribution in [1.29, 1.82) is 0 Å². The van der Waals surface area contributed by atoms with E-state index in [9.17, 15) is 9.59 Å². The van der Waals surface area contributed by atoms with Gasteiger partial charge < -0.3 is 15.0 Å². The highest BCUT2D eigenvalue weighted by Crippen LogP contribution is 2.34. The Kier molecular flexibility index (Phi) is 3.41. The molecule has 1 saturated carbocycles. The summed E-state index contributed by atoms with van der Waals surface area (Å²) in [5, 5.41) is 12.8. The molecule has 1 amide bonds. The first-order chi connectivity index (χ1) is 10.1. The second-order valence-electron chi connectivity index (χ2n) is 5.69. The predicted octanol–water partition coefficient (Wildman–Crippen LogP) is 2.16. The molecule has 0 spiro atoms. The number of aliphatic carboxylic acids is 1. The van der Waals surface area contributed by atoms with Gasteiger partial charge in [-0.3, -0.25) is 9.59 Å². The van der Waals surface area contributed by atoms with Gasteiger partial charge in [-0.25, -0.2) is 0 Å². The number of hydrogen-bond donors (Lipinski definition) is 2. The van der Waals surface area contributed by atoms with Crippen molar-refractivity contribution in [3.8, 4) is 0 Å². The summed E-state index contributed by atoms with van der Waals surface area (Å²) in [6, 6.07) is 7.43. The Balaban J connectivity index is 1.84. The first-order valence-corrected chi connectivity index (χ1v) is 7.13. The van der Waals surface area contributed by atoms with Crippen molar-refractivity contribution >= 4 is 22.8 Å². The Morgan fingerprint density at radius 1 is 1.38 bits per heavy atom. The number of aryl methyl sites for hydroxylation is 1. The third-order valence-electron chi connectivity index (χ3n) is 4.04. The van der Waals surface area contributed by atoms with Crippen LogP contribution in [0.25, 0.3) is 10.9 Å². The van der Waals surface area contributed by atoms with Gasteiger partial charge in [-0.2, -0.15) is 0 Å². The molecular weight excluding hydrogens is 268 g/mol. The lowest BCUT2D eigenvalue weighted by molar-refractivity contribution is -0.137. The average molecular weight is 286 g/mol. The molecule has 1 unspecified atom stereocenters. The molecule has 110 valence electrons. The first-order valence-electron chi connectivity index (χ1n) is 7.13. The Morgan fingerprint density at radius 3 is 2.76 bits per heavy atom. The van der Waals surface area contributed by atoms with Crippen LogP contribution in [0.15, 0.2) is 30.5 Å². The molecule has 0 aliphatic heterocycles. The fourth-order valence-corrected chi connectivity index (χ4v) is 2.79. The second-order valence-corrected chi connectivity index (χ2v) is 5.69. The fourth-order valence-electron chi connectivity index (χ4n) is 2.79. The summed E-state index contributed by atoms with van der Waals surface area (Å²) in [6.07, 6.45) is 3.77. The lowest BCUT2D eigenvalue weighted by Gasteiger charge is -2.15. The molecule has 3 rings (SSSR count). The lowest BCUT2D eigenvalue weighted by atomic mass is 10.1. The molecule has 1 atom stereocenters. The number of nitrogens with one attached hydrogen (secondary N) is 1. The van der Waals surface area contributed by atoms with Crippen molar-refractivity contribution in [1.82, 2.24) is 9.88 Å². The van der Waals surface area contributed by atoms with Crippen LogP contribution in [0.4, 0.5) is 0 Å². The van der Waals surface area contributed by atoms with E-state index in [0.29, 0.717) is 11.5 Å². The highest BCUT2D eigenvalue weighted by molar-refractivity contribution is 6.07. The van der Waals surface area contributed by atoms with Gasteiger partial charge >= 0.3 is 5.97 Å². The van der Waals surface area contributed by atoms with E-state index in [-0.39, 0.29) is 18.4 Å². The molecule has 1 aliphatic rings. The number of carboxylic acids is 1. The zero-order chi connectivity index (χ0) is 15.0. The summed E-state index contributed by atoms with van der Waals surface area (Å²) in [4.78, 5) is 23.4. The van der Waals surface area contributed by atoms with Crippen LogP contribution >= 0.6 is 0 Å². The maximum atomic E-state index is 12.5. The zero-order valence-electron chi connectivity index (χ0n) is 11.9. The fraction of sp³-hybridized carbons (Fsp3) is 0.375. The Bertz CT molecular complexity index is 701. The highest BCUT2D eigenvalue weighted by atomic mass is 16.4. The van der Waals surface area contributed by atoms with Crippen LogP contribution in [0, 0.1) is 5.92 Å². The number of carbonyl (C=O) groups is 2. The molecule has 1 aromatic carbocycles. The number of rotatable bonds is 5. The summed E-state index contributed by atoms with van der Waals surface area (Å²) < 4.78 is 1.91. The number of para-hydroxylation sites is 1. The van der Waals surface area contributed by atoms with E-state index in [0.717, 1.165) is 23.7 Å². The summed E-state index contributed by atoms with van der Waals surface area (Å²) in [5.74, 6) is -0.755. The van der Waals surface area contributed by atoms with E-state index >= 15 is 0 Å². The number of amides is 1. The van der Waals surface area contributed by atoms with Crippen LogP contribution in [0.3, 0.4) is 0 Å². The van der Waals surface area contributed by atoms with E-state index in [2.05, 4.69) is 5.32 Å². The molecular formula is C16H18N2O3. The number of hydrogen-bond acceptors (Lipinski definition) is 2. The van der Waals surface area contributed by atoms with Gasteiger partial charge in [0.1, 0.15) is 0 Å². The minimum absolute atomic E-state index is 0.0127. The van der Waals surface area contributed by atoms with Crippen LogP contribution in [-0.2, 0) is 11.8 Å². The van der Waals surface area contributed by atoms with Crippen molar-refractivity contribution in [2.75, 3.05) is 0 Å². The molecule has 21 heavy (non-hydrogen) atoms. The van der Waals surface area contributed by atoms with Crippen LogP contribution in [-0.4, -0.2) is 27.6 Å². The quantitative estimate of drug-likeness (QED) is 0.884. The van der Waals surface area contributed by atoms with Gasteiger partial charge in [0.05, 0.1) is 12.0 Å². The number of nitrogens with zero attached hydrogens (tertiary/aromatic N) is 1. The lowest BCUT2D eigenvalue weighted by Crippen LogP contribution is -2.38. The van der Waals surface area contributed by atoms with Gasteiger partial charge in [0, 0.05) is 30.2 Å². The Hall–Kier alpha value is -2.30. The largest absolute Gasteiger partial charge is 0.481 e. The minimum Gasteiger partial charge on any atom is -0.481 e. The van der Waals surface area contributed by atoms with Gasteiger partial charge in [-0.15, -0.1) is 0 Å². The van der Waals surface area contributed by atoms with E-state index in [1.54, 1.807) is 6.20 Å². The minimum atomic E-state index is -0.870. The van der Waals surface area contributed by atoms with Crippen LogP contribution in [0.1, 0.15) is 29.6 Å². The molecule has 1 fully saturated rings. The van der Waals surface area contributed by atoms with Gasteiger partial charge in [0.2, 0.25) is 0 Å². The molecule has 5 nitrogen and oxygen atoms in total. The summed E-state index contributed by atoms with van der Waals surface area (Å²) in [6.45, 7) is 0. The predicted molar refractivity (Wildman–Crippen MR) is 79.2 cm³/mol. The summed E-state index contributed by atoms with van der Waals surface area (Å²) in [5.41, 5.74) is 1.59. The van der Waals surface area contributed by atoms with Crippen LogP contribution in [0.2, 0.25) is 0 Å². The third-order valence-corrected chi connectivity index (χ3v) is 4.04. The highest BCUT2D eigenvalue weighted by Gasteiger charge is 2.34. The van der Waals surface area contributed by atoms with Crippen molar-refractivity contribution < 1.29 is 14.7 Å². The summed E-state index contributed by atoms with van der Waals surface area (Å²) >= 11 is 0. The smallest absolute Gasteiger partial charge is 0.305 e. The number of carboxylic acid groups (broad SMARTS) is 1. The average Bonchev–Trinajstić information content (AvgIpc) is 3.23. The second kappa shape index (κ2) is 5.24. The van der Waals surface area contributed by atoms with Gasteiger partial charge in [-0.05, 0) is 24.8 Å². The van der Waals surface area contributed by atoms with Crippen molar-refractivity contribution in [2.24, 2.45) is 13.0 Å². The summed E-state index contributed by atoms with van der Waals surface area (Å²) in [7, 11) is 1.90. The molecule has 2 N–H and O–H groups in total. The Morgan fingerprint density at radius 2 is 2.10 bits per heavy atom. The third kappa shape index (κ3) is 2.77. The number of benzene rings is 1. The maximum absolute atomic E-state index is 12.5. The van der Waals surface area contributed by atoms with Gasteiger partial charge in [-0.1, -0.05) is 18.2 Å². The first kappa shape index (κ1) is 13.7. The standard InChI is InChI=1S/C16H18N2O3/c1-18-9-12(11-4-2-3-5-14(11)18)16(21)17-13(8-15(19)20)10-6-7-10/h2-5,9-10,13H,6-8H2,1H3,(H,17,21)(H,19,20). The molecule has 0 bridgehead atoms. The zero-order valence-corrected chi connectivity index (χ0v) is 11.9. The normalized spacial score (nSPS) is 15.9. The van der Waals surface area contributed by atoms with Gasteiger partial charge in [0.15, 0.2) is 0 Å². The monoisotopic (exact) mass is 286 g/mol. The molecule has 2 aromatic rings. The van der Waals surface area contributed by atoms with Gasteiger partial charge in [0.25, 0.3) is 5.91 Å². The Labute approximate surface area is 122 Å². The number of fused-ring (bicyclic) bond motifs is 1. The molecule has 1 aliphatic carbocycles. The van der Waals surface area contributed by atoms with Crippen LogP contribution in [0.5, 0.6) is 0 Å². The van der Waals surface area contributed by atoms with Crippen molar-refractivity contribution in [2.45, 2.75) is 25.3 Å². The molecule has 1 heterocycles. The van der Waals surface area contributed by atoms with E-state index in [4.69, 9.17) is 5.11 Å². The number of carbonyl (C=O) groups excluding carboxylic acids is 1. The van der Waals surface area contributed by atoms with E-state index in [1.165, 1.54) is 0 Å². The topological polar surface area (TPSA) is 71.3 Å². The molecule has 0 radical (unpaired) electrons. The molecule has 5 heteroatoms. The SMILES string of the molecule is Cn1cc(C(=O)NC(CC(=O)O)C2CC2)c2ccccc21. The number of aromatic nitrogens is 1. The van der Waals surface area contributed by atoms with Crippen molar-refractivity contribution in [3.05, 3.63) is 36.0 Å². The van der Waals surface area contributed by atoms with E-state index < -0.39 is 5.97 Å². The molecule has 0 saturated heterocycles. The van der Waals surface area contributed by atoms with Crippen molar-refractivity contribution in [3.63, 3.8) is 0 Å². The van der Waals surface area contributed by atoms with Crippen LogP contribution < -0.4 is 5.32 Å². The maximum Gasteiger partial charge on any atom is 0.305 e. The molecule has 1 aromatic heterocycles. The van der Waals surface area contributed by atoms with E-state index in [1.807, 2.05) is 35.9 Å².